The van der Waals surface area contributed by atoms with Crippen LogP contribution in [0.4, 0.5) is 5.82 Å². The summed E-state index contributed by atoms with van der Waals surface area (Å²) in [5, 5.41) is 14.5. The lowest BCUT2D eigenvalue weighted by Crippen LogP contribution is -2.38. The molecule has 1 aliphatic rings. The van der Waals surface area contributed by atoms with Crippen LogP contribution in [-0.2, 0) is 16.3 Å². The molecule has 8 heteroatoms. The minimum atomic E-state index is -3.13. The zero-order valence-electron chi connectivity index (χ0n) is 12.6. The van der Waals surface area contributed by atoms with E-state index in [-0.39, 0.29) is 24.5 Å². The number of hydrogen-bond donors (Lipinski definition) is 2. The average molecular weight is 341 g/mol. The van der Waals surface area contributed by atoms with Crippen LogP contribution in [0.5, 0.6) is 0 Å². The molecule has 1 atom stereocenters. The number of aromatic nitrogens is 2. The molecule has 0 amide bonds. The Kier molecular flexibility index (Phi) is 3.86. The first-order chi connectivity index (χ1) is 10.3. The van der Waals surface area contributed by atoms with Gasteiger partial charge in [-0.25, -0.2) is 18.4 Å². The molecule has 0 aromatic carbocycles. The lowest BCUT2D eigenvalue weighted by Gasteiger charge is -2.21. The molecule has 1 fully saturated rings. The smallest absolute Gasteiger partial charge is 0.153 e. The molecular weight excluding hydrogens is 322 g/mol. The summed E-state index contributed by atoms with van der Waals surface area (Å²) >= 11 is 1.63. The SMILES string of the molecule is CCc1cc2c(NCC3(O)CCS(=O)(=O)C3)nc(C)nc2s1. The number of nitrogens with one attached hydrogen (secondary N) is 1. The van der Waals surface area contributed by atoms with Gasteiger partial charge in [0.15, 0.2) is 9.84 Å². The Hall–Kier alpha value is -1.25. The van der Waals surface area contributed by atoms with E-state index >= 15 is 0 Å². The fraction of sp³-hybridized carbons (Fsp3) is 0.571. The van der Waals surface area contributed by atoms with Crippen molar-refractivity contribution in [1.82, 2.24) is 9.97 Å². The molecule has 2 aromatic heterocycles. The van der Waals surface area contributed by atoms with Gasteiger partial charge >= 0.3 is 0 Å². The fourth-order valence-electron chi connectivity index (χ4n) is 2.67. The van der Waals surface area contributed by atoms with Crippen LogP contribution in [0.15, 0.2) is 6.07 Å². The van der Waals surface area contributed by atoms with Gasteiger partial charge in [-0.15, -0.1) is 11.3 Å². The Bertz CT molecular complexity index is 816. The van der Waals surface area contributed by atoms with Gasteiger partial charge in [0.25, 0.3) is 0 Å². The second-order valence-corrected chi connectivity index (χ2v) is 9.12. The molecule has 22 heavy (non-hydrogen) atoms. The van der Waals surface area contributed by atoms with Crippen molar-refractivity contribution in [3.63, 3.8) is 0 Å². The van der Waals surface area contributed by atoms with Crippen molar-refractivity contribution in [3.05, 3.63) is 16.8 Å². The summed E-state index contributed by atoms with van der Waals surface area (Å²) in [5.74, 6) is 1.17. The Labute approximate surface area is 133 Å². The van der Waals surface area contributed by atoms with Crippen molar-refractivity contribution in [1.29, 1.82) is 0 Å². The van der Waals surface area contributed by atoms with E-state index in [4.69, 9.17) is 0 Å². The normalized spacial score (nSPS) is 24.0. The largest absolute Gasteiger partial charge is 0.387 e. The number of hydrogen-bond acceptors (Lipinski definition) is 7. The molecular formula is C14H19N3O3S2. The number of aryl methyl sites for hydroxylation is 2. The molecule has 2 aromatic rings. The molecule has 0 bridgehead atoms. The van der Waals surface area contributed by atoms with Crippen LogP contribution in [0.25, 0.3) is 10.2 Å². The maximum Gasteiger partial charge on any atom is 0.153 e. The van der Waals surface area contributed by atoms with E-state index < -0.39 is 15.4 Å². The Morgan fingerprint density at radius 3 is 2.86 bits per heavy atom. The van der Waals surface area contributed by atoms with Crippen molar-refractivity contribution in [2.75, 3.05) is 23.4 Å². The minimum absolute atomic E-state index is 0.0435. The highest BCUT2D eigenvalue weighted by Gasteiger charge is 2.40. The number of aliphatic hydroxyl groups is 1. The van der Waals surface area contributed by atoms with Gasteiger partial charge in [-0.2, -0.15) is 0 Å². The Morgan fingerprint density at radius 1 is 1.45 bits per heavy atom. The average Bonchev–Trinajstić information content (AvgIpc) is 2.97. The molecule has 1 unspecified atom stereocenters. The quantitative estimate of drug-likeness (QED) is 0.876. The molecule has 0 saturated carbocycles. The molecule has 3 rings (SSSR count). The summed E-state index contributed by atoms with van der Waals surface area (Å²) in [4.78, 5) is 11.0. The summed E-state index contributed by atoms with van der Waals surface area (Å²) in [6.45, 7) is 4.09. The van der Waals surface area contributed by atoms with Crippen LogP contribution in [0.3, 0.4) is 0 Å². The van der Waals surface area contributed by atoms with E-state index in [9.17, 15) is 13.5 Å². The van der Waals surface area contributed by atoms with Gasteiger partial charge in [-0.05, 0) is 25.8 Å². The third kappa shape index (κ3) is 3.09. The highest BCUT2D eigenvalue weighted by atomic mass is 32.2. The molecule has 2 N–H and O–H groups in total. The first-order valence-corrected chi connectivity index (χ1v) is 9.88. The first-order valence-electron chi connectivity index (χ1n) is 7.24. The summed E-state index contributed by atoms with van der Waals surface area (Å²) in [6.07, 6.45) is 1.20. The minimum Gasteiger partial charge on any atom is -0.387 e. The predicted octanol–water partition coefficient (Wildman–Crippen LogP) is 1.52. The zero-order valence-corrected chi connectivity index (χ0v) is 14.2. The number of anilines is 1. The van der Waals surface area contributed by atoms with Gasteiger partial charge in [0, 0.05) is 11.4 Å². The molecule has 6 nitrogen and oxygen atoms in total. The third-order valence-electron chi connectivity index (χ3n) is 3.86. The van der Waals surface area contributed by atoms with Crippen molar-refractivity contribution in [3.8, 4) is 0 Å². The summed E-state index contributed by atoms with van der Waals surface area (Å²) in [7, 11) is -3.13. The van der Waals surface area contributed by atoms with Crippen molar-refractivity contribution in [2.24, 2.45) is 0 Å². The van der Waals surface area contributed by atoms with Crippen LogP contribution in [0.1, 0.15) is 24.0 Å². The summed E-state index contributed by atoms with van der Waals surface area (Å²) in [6, 6.07) is 2.05. The number of rotatable bonds is 4. The van der Waals surface area contributed by atoms with E-state index in [0.717, 1.165) is 16.6 Å². The topological polar surface area (TPSA) is 92.2 Å². The molecule has 0 spiro atoms. The van der Waals surface area contributed by atoms with E-state index in [2.05, 4.69) is 28.3 Å². The van der Waals surface area contributed by atoms with E-state index in [1.54, 1.807) is 11.3 Å². The molecule has 1 saturated heterocycles. The van der Waals surface area contributed by atoms with Gasteiger partial charge in [-0.3, -0.25) is 0 Å². The number of thiophene rings is 1. The molecule has 3 heterocycles. The van der Waals surface area contributed by atoms with Gasteiger partial charge < -0.3 is 10.4 Å². The third-order valence-corrected chi connectivity index (χ3v) is 6.83. The lowest BCUT2D eigenvalue weighted by atomic mass is 10.0. The lowest BCUT2D eigenvalue weighted by molar-refractivity contribution is 0.0815. The highest BCUT2D eigenvalue weighted by molar-refractivity contribution is 7.91. The molecule has 120 valence electrons. The van der Waals surface area contributed by atoms with Gasteiger partial charge in [0.2, 0.25) is 0 Å². The summed E-state index contributed by atoms with van der Waals surface area (Å²) < 4.78 is 23.1. The number of nitrogens with zero attached hydrogens (tertiary/aromatic N) is 2. The maximum absolute atomic E-state index is 11.6. The van der Waals surface area contributed by atoms with Crippen LogP contribution < -0.4 is 5.32 Å². The van der Waals surface area contributed by atoms with Gasteiger partial charge in [-0.1, -0.05) is 6.92 Å². The number of fused-ring (bicyclic) bond motifs is 1. The summed E-state index contributed by atoms with van der Waals surface area (Å²) in [5.41, 5.74) is -1.21. The second kappa shape index (κ2) is 5.43. The van der Waals surface area contributed by atoms with E-state index in [0.29, 0.717) is 11.6 Å². The van der Waals surface area contributed by atoms with Gasteiger partial charge in [0.1, 0.15) is 16.5 Å². The standard InChI is InChI=1S/C14H19N3O3S2/c1-3-10-6-11-12(16-9(2)17-13(11)21-10)15-7-14(18)4-5-22(19,20)8-14/h6,18H,3-5,7-8H2,1-2H3,(H,15,16,17). The van der Waals surface area contributed by atoms with E-state index in [1.165, 1.54) is 4.88 Å². The van der Waals surface area contributed by atoms with Gasteiger partial charge in [0.05, 0.1) is 22.5 Å². The molecule has 0 aliphatic carbocycles. The van der Waals surface area contributed by atoms with Crippen LogP contribution in [0.2, 0.25) is 0 Å². The second-order valence-electron chi connectivity index (χ2n) is 5.82. The monoisotopic (exact) mass is 341 g/mol. The van der Waals surface area contributed by atoms with Crippen LogP contribution >= 0.6 is 11.3 Å². The first kappa shape index (κ1) is 15.6. The fourth-order valence-corrected chi connectivity index (χ4v) is 5.59. The van der Waals surface area contributed by atoms with Crippen molar-refractivity contribution >= 4 is 37.2 Å². The maximum atomic E-state index is 11.6. The predicted molar refractivity (Wildman–Crippen MR) is 88.2 cm³/mol. The van der Waals surface area contributed by atoms with Crippen LogP contribution in [0, 0.1) is 6.92 Å². The molecule has 0 radical (unpaired) electrons. The Morgan fingerprint density at radius 2 is 2.23 bits per heavy atom. The Balaban J connectivity index is 1.86. The highest BCUT2D eigenvalue weighted by Crippen LogP contribution is 2.30. The van der Waals surface area contributed by atoms with Crippen molar-refractivity contribution < 1.29 is 13.5 Å². The molecule has 1 aliphatic heterocycles. The number of sulfone groups is 1. The zero-order chi connectivity index (χ0) is 16.0. The van der Waals surface area contributed by atoms with Crippen LogP contribution in [-0.4, -0.2) is 47.1 Å². The van der Waals surface area contributed by atoms with Crippen molar-refractivity contribution in [2.45, 2.75) is 32.3 Å². The van der Waals surface area contributed by atoms with E-state index in [1.807, 2.05) is 6.92 Å².